The van der Waals surface area contributed by atoms with Gasteiger partial charge in [-0.1, -0.05) is 6.92 Å². The number of nitrogens with one attached hydrogen (secondary N) is 1. The standard InChI is InChI=1S/C11H15N5O4/c1-4-5(2-17)20-10(7(4)18)16-3-13-6-8(16)14-11(12)15-9(6)19/h3-5,7,10,17-18H,2H2,1H3,(H3,12,14,15,19). The summed E-state index contributed by atoms with van der Waals surface area (Å²) in [5.41, 5.74) is 5.42. The average molecular weight is 281 g/mol. The van der Waals surface area contributed by atoms with Gasteiger partial charge in [0.15, 0.2) is 17.4 Å². The molecule has 1 aliphatic heterocycles. The highest BCUT2D eigenvalue weighted by molar-refractivity contribution is 5.70. The average Bonchev–Trinajstić information content (AvgIpc) is 2.93. The van der Waals surface area contributed by atoms with Crippen LogP contribution in [-0.4, -0.2) is 48.5 Å². The summed E-state index contributed by atoms with van der Waals surface area (Å²) >= 11 is 0. The second-order valence-corrected chi connectivity index (χ2v) is 4.87. The van der Waals surface area contributed by atoms with Gasteiger partial charge in [0, 0.05) is 5.92 Å². The first-order chi connectivity index (χ1) is 9.52. The number of nitrogens with two attached hydrogens (primary N) is 1. The molecule has 0 bridgehead atoms. The molecule has 1 saturated heterocycles. The number of aliphatic hydroxyl groups excluding tert-OH is 2. The van der Waals surface area contributed by atoms with Crippen LogP contribution in [0.15, 0.2) is 11.1 Å². The highest BCUT2D eigenvalue weighted by atomic mass is 16.5. The van der Waals surface area contributed by atoms with Crippen molar-refractivity contribution in [3.8, 4) is 0 Å². The second-order valence-electron chi connectivity index (χ2n) is 4.87. The Morgan fingerprint density at radius 3 is 3.00 bits per heavy atom. The molecule has 2 aromatic heterocycles. The Labute approximate surface area is 113 Å². The Bertz CT molecular complexity index is 696. The first-order valence-electron chi connectivity index (χ1n) is 6.19. The molecule has 0 amide bonds. The molecule has 1 aliphatic rings. The fourth-order valence-corrected chi connectivity index (χ4v) is 2.43. The lowest BCUT2D eigenvalue weighted by Gasteiger charge is -2.16. The number of aliphatic hydroxyl groups is 2. The minimum Gasteiger partial charge on any atom is -0.394 e. The molecule has 4 unspecified atom stereocenters. The Kier molecular flexibility index (Phi) is 2.96. The number of aromatic nitrogens is 4. The molecular formula is C11H15N5O4. The number of anilines is 1. The molecule has 0 aliphatic carbocycles. The van der Waals surface area contributed by atoms with Gasteiger partial charge in [0.1, 0.15) is 6.10 Å². The molecule has 9 heteroatoms. The Balaban J connectivity index is 2.09. The number of nitrogens with zero attached hydrogens (tertiary/aromatic N) is 3. The van der Waals surface area contributed by atoms with Crippen molar-refractivity contribution in [3.05, 3.63) is 16.7 Å². The van der Waals surface area contributed by atoms with Gasteiger partial charge in [-0.25, -0.2) is 4.98 Å². The van der Waals surface area contributed by atoms with Gasteiger partial charge >= 0.3 is 0 Å². The van der Waals surface area contributed by atoms with E-state index in [1.165, 1.54) is 10.9 Å². The molecule has 3 heterocycles. The first-order valence-corrected chi connectivity index (χ1v) is 6.19. The van der Waals surface area contributed by atoms with Gasteiger partial charge in [-0.15, -0.1) is 0 Å². The van der Waals surface area contributed by atoms with Gasteiger partial charge in [-0.3, -0.25) is 14.3 Å². The number of rotatable bonds is 2. The molecule has 4 atom stereocenters. The monoisotopic (exact) mass is 281 g/mol. The van der Waals surface area contributed by atoms with Crippen LogP contribution in [0.4, 0.5) is 5.95 Å². The third kappa shape index (κ3) is 1.79. The minimum atomic E-state index is -0.841. The van der Waals surface area contributed by atoms with E-state index in [0.717, 1.165) is 0 Å². The van der Waals surface area contributed by atoms with Crippen LogP contribution in [0, 0.1) is 5.92 Å². The summed E-state index contributed by atoms with van der Waals surface area (Å²) in [6.45, 7) is 1.58. The van der Waals surface area contributed by atoms with Gasteiger partial charge in [0.25, 0.3) is 5.56 Å². The molecule has 0 radical (unpaired) electrons. The van der Waals surface area contributed by atoms with E-state index in [2.05, 4.69) is 15.0 Å². The van der Waals surface area contributed by atoms with Crippen LogP contribution in [0.2, 0.25) is 0 Å². The highest BCUT2D eigenvalue weighted by Crippen LogP contribution is 2.34. The number of hydrogen-bond acceptors (Lipinski definition) is 7. The van der Waals surface area contributed by atoms with E-state index in [9.17, 15) is 15.0 Å². The van der Waals surface area contributed by atoms with E-state index in [1.54, 1.807) is 6.92 Å². The van der Waals surface area contributed by atoms with Gasteiger partial charge < -0.3 is 20.7 Å². The maximum atomic E-state index is 11.7. The Morgan fingerprint density at radius 1 is 1.60 bits per heavy atom. The van der Waals surface area contributed by atoms with Crippen molar-refractivity contribution in [3.63, 3.8) is 0 Å². The molecule has 1 fully saturated rings. The molecule has 20 heavy (non-hydrogen) atoms. The van der Waals surface area contributed by atoms with Crippen molar-refractivity contribution in [1.29, 1.82) is 0 Å². The van der Waals surface area contributed by atoms with Crippen LogP contribution in [0.25, 0.3) is 11.2 Å². The normalized spacial score (nSPS) is 30.1. The lowest BCUT2D eigenvalue weighted by molar-refractivity contribution is -0.0491. The zero-order valence-corrected chi connectivity index (χ0v) is 10.7. The van der Waals surface area contributed by atoms with Crippen LogP contribution in [0.5, 0.6) is 0 Å². The maximum Gasteiger partial charge on any atom is 0.280 e. The number of imidazole rings is 1. The molecule has 108 valence electrons. The van der Waals surface area contributed by atoms with Crippen LogP contribution < -0.4 is 11.3 Å². The number of H-pyrrole nitrogens is 1. The van der Waals surface area contributed by atoms with E-state index in [1.807, 2.05) is 0 Å². The molecule has 0 aromatic carbocycles. The van der Waals surface area contributed by atoms with E-state index in [0.29, 0.717) is 0 Å². The number of ether oxygens (including phenoxy) is 1. The summed E-state index contributed by atoms with van der Waals surface area (Å²) in [5.74, 6) is -0.287. The minimum absolute atomic E-state index is 0.0384. The van der Waals surface area contributed by atoms with E-state index >= 15 is 0 Å². The smallest absolute Gasteiger partial charge is 0.280 e. The lowest BCUT2D eigenvalue weighted by atomic mass is 10.0. The number of hydrogen-bond donors (Lipinski definition) is 4. The van der Waals surface area contributed by atoms with Crippen LogP contribution in [0.1, 0.15) is 13.2 Å². The van der Waals surface area contributed by atoms with Crippen molar-refractivity contribution in [2.45, 2.75) is 25.4 Å². The SMILES string of the molecule is CC1C(CO)OC(n2cnc3c(=O)[nH]c(N)nc32)C1O. The third-order valence-electron chi connectivity index (χ3n) is 3.64. The Hall–Kier alpha value is -1.97. The molecule has 5 N–H and O–H groups in total. The predicted octanol–water partition coefficient (Wildman–Crippen LogP) is -1.41. The zero-order valence-electron chi connectivity index (χ0n) is 10.7. The van der Waals surface area contributed by atoms with Crippen molar-refractivity contribution in [1.82, 2.24) is 19.5 Å². The van der Waals surface area contributed by atoms with E-state index in [-0.39, 0.29) is 29.6 Å². The second kappa shape index (κ2) is 4.54. The molecule has 0 spiro atoms. The van der Waals surface area contributed by atoms with Crippen LogP contribution in [0.3, 0.4) is 0 Å². The predicted molar refractivity (Wildman–Crippen MR) is 68.7 cm³/mol. The van der Waals surface area contributed by atoms with Crippen LogP contribution >= 0.6 is 0 Å². The number of fused-ring (bicyclic) bond motifs is 1. The molecular weight excluding hydrogens is 266 g/mol. The number of aromatic amines is 1. The summed E-state index contributed by atoms with van der Waals surface area (Å²) in [7, 11) is 0. The fourth-order valence-electron chi connectivity index (χ4n) is 2.43. The largest absolute Gasteiger partial charge is 0.394 e. The molecule has 9 nitrogen and oxygen atoms in total. The summed E-state index contributed by atoms with van der Waals surface area (Å²) in [4.78, 5) is 22.0. The quantitative estimate of drug-likeness (QED) is 0.530. The van der Waals surface area contributed by atoms with Crippen molar-refractivity contribution < 1.29 is 14.9 Å². The third-order valence-corrected chi connectivity index (χ3v) is 3.64. The van der Waals surface area contributed by atoms with Crippen molar-refractivity contribution in [2.24, 2.45) is 5.92 Å². The summed E-state index contributed by atoms with van der Waals surface area (Å²) in [6, 6.07) is 0. The first kappa shape index (κ1) is 13.0. The van der Waals surface area contributed by atoms with Crippen molar-refractivity contribution in [2.75, 3.05) is 12.3 Å². The van der Waals surface area contributed by atoms with Gasteiger partial charge in [0.2, 0.25) is 5.95 Å². The highest BCUT2D eigenvalue weighted by Gasteiger charge is 2.42. The van der Waals surface area contributed by atoms with Gasteiger partial charge in [0.05, 0.1) is 19.0 Å². The molecule has 3 rings (SSSR count). The summed E-state index contributed by atoms with van der Waals surface area (Å²) in [6.07, 6.45) is -0.716. The van der Waals surface area contributed by atoms with Crippen molar-refractivity contribution >= 4 is 17.1 Å². The van der Waals surface area contributed by atoms with Gasteiger partial charge in [-0.05, 0) is 0 Å². The maximum absolute atomic E-state index is 11.7. The fraction of sp³-hybridized carbons (Fsp3) is 0.545. The lowest BCUT2D eigenvalue weighted by Crippen LogP contribution is -2.25. The molecule has 0 saturated carbocycles. The Morgan fingerprint density at radius 2 is 2.35 bits per heavy atom. The van der Waals surface area contributed by atoms with Gasteiger partial charge in [-0.2, -0.15) is 4.98 Å². The summed E-state index contributed by atoms with van der Waals surface area (Å²) in [5, 5.41) is 19.4. The summed E-state index contributed by atoms with van der Waals surface area (Å²) < 4.78 is 7.05. The number of nitrogen functional groups attached to an aromatic ring is 1. The topological polar surface area (TPSA) is 139 Å². The van der Waals surface area contributed by atoms with Crippen LogP contribution in [-0.2, 0) is 4.74 Å². The zero-order chi connectivity index (χ0) is 14.4. The molecule has 2 aromatic rings. The van der Waals surface area contributed by atoms with E-state index in [4.69, 9.17) is 10.5 Å². The van der Waals surface area contributed by atoms with E-state index < -0.39 is 24.0 Å².